The summed E-state index contributed by atoms with van der Waals surface area (Å²) in [6.07, 6.45) is 3.44. The molecule has 0 aromatic carbocycles. The van der Waals surface area contributed by atoms with Crippen molar-refractivity contribution in [3.63, 3.8) is 0 Å². The summed E-state index contributed by atoms with van der Waals surface area (Å²) in [6, 6.07) is 11.3. The van der Waals surface area contributed by atoms with Crippen LogP contribution in [0, 0.1) is 0 Å². The smallest absolute Gasteiger partial charge is 0.317 e. The molecule has 2 aromatic rings. The van der Waals surface area contributed by atoms with Crippen LogP contribution in [0.4, 0.5) is 0 Å². The molecule has 0 aliphatic carbocycles. The molecule has 2 heterocycles. The number of aliphatic carboxylic acids is 2. The van der Waals surface area contributed by atoms with Crippen LogP contribution in [0.2, 0.25) is 0 Å². The Morgan fingerprint density at radius 3 is 1.62 bits per heavy atom. The minimum Gasteiger partial charge on any atom is -0.480 e. The SMILES string of the molecule is O=C(O)CN(CCN(Cc1ccccn1)Cc1ccccn1)CC(=O)O. The highest BCUT2D eigenvalue weighted by Gasteiger charge is 2.16. The van der Waals surface area contributed by atoms with Crippen LogP contribution in [0.25, 0.3) is 0 Å². The largest absolute Gasteiger partial charge is 0.480 e. The van der Waals surface area contributed by atoms with Gasteiger partial charge in [-0.15, -0.1) is 0 Å². The van der Waals surface area contributed by atoms with Crippen molar-refractivity contribution >= 4 is 11.9 Å². The molecule has 138 valence electrons. The van der Waals surface area contributed by atoms with E-state index >= 15 is 0 Å². The van der Waals surface area contributed by atoms with Crippen LogP contribution in [-0.4, -0.2) is 68.1 Å². The van der Waals surface area contributed by atoms with Gasteiger partial charge >= 0.3 is 11.9 Å². The summed E-state index contributed by atoms with van der Waals surface area (Å²) in [6.45, 7) is 1.31. The van der Waals surface area contributed by atoms with Crippen molar-refractivity contribution in [2.24, 2.45) is 0 Å². The highest BCUT2D eigenvalue weighted by atomic mass is 16.4. The highest BCUT2D eigenvalue weighted by molar-refractivity contribution is 5.72. The van der Waals surface area contributed by atoms with Gasteiger partial charge in [-0.2, -0.15) is 0 Å². The summed E-state index contributed by atoms with van der Waals surface area (Å²) >= 11 is 0. The average Bonchev–Trinajstić information content (AvgIpc) is 2.60. The lowest BCUT2D eigenvalue weighted by atomic mass is 10.2. The van der Waals surface area contributed by atoms with Crippen LogP contribution in [0.3, 0.4) is 0 Å². The number of hydrogen-bond donors (Lipinski definition) is 2. The standard InChI is InChI=1S/C18H22N4O4/c23-17(24)13-22(14-18(25)26)10-9-21(11-15-5-1-3-7-19-15)12-16-6-2-4-8-20-16/h1-8H,9-14H2,(H,23,24)(H,25,26). The van der Waals surface area contributed by atoms with E-state index in [0.717, 1.165) is 11.4 Å². The summed E-state index contributed by atoms with van der Waals surface area (Å²) < 4.78 is 0. The molecule has 0 amide bonds. The van der Waals surface area contributed by atoms with E-state index in [-0.39, 0.29) is 13.1 Å². The van der Waals surface area contributed by atoms with E-state index in [1.807, 2.05) is 36.4 Å². The lowest BCUT2D eigenvalue weighted by molar-refractivity contribution is -0.141. The number of nitrogens with zero attached hydrogens (tertiary/aromatic N) is 4. The van der Waals surface area contributed by atoms with Gasteiger partial charge in [-0.1, -0.05) is 12.1 Å². The second-order valence-electron chi connectivity index (χ2n) is 5.85. The maximum Gasteiger partial charge on any atom is 0.317 e. The van der Waals surface area contributed by atoms with Crippen molar-refractivity contribution < 1.29 is 19.8 Å². The molecule has 0 spiro atoms. The highest BCUT2D eigenvalue weighted by Crippen LogP contribution is 2.07. The van der Waals surface area contributed by atoms with Crippen molar-refractivity contribution in [1.82, 2.24) is 19.8 Å². The van der Waals surface area contributed by atoms with E-state index in [1.54, 1.807) is 12.4 Å². The quantitative estimate of drug-likeness (QED) is 0.611. The first-order chi connectivity index (χ1) is 12.5. The molecule has 0 unspecified atom stereocenters. The van der Waals surface area contributed by atoms with Gasteiger partial charge in [0.15, 0.2) is 0 Å². The van der Waals surface area contributed by atoms with Gasteiger partial charge in [-0.25, -0.2) is 0 Å². The maximum absolute atomic E-state index is 10.9. The van der Waals surface area contributed by atoms with E-state index in [2.05, 4.69) is 14.9 Å². The second kappa shape index (κ2) is 10.2. The molecule has 8 heteroatoms. The van der Waals surface area contributed by atoms with Crippen molar-refractivity contribution in [3.8, 4) is 0 Å². The number of rotatable bonds is 11. The lowest BCUT2D eigenvalue weighted by Gasteiger charge is -2.25. The third-order valence-corrected chi connectivity index (χ3v) is 3.67. The van der Waals surface area contributed by atoms with E-state index in [0.29, 0.717) is 26.2 Å². The van der Waals surface area contributed by atoms with E-state index in [9.17, 15) is 9.59 Å². The van der Waals surface area contributed by atoms with Crippen molar-refractivity contribution in [1.29, 1.82) is 0 Å². The molecule has 2 rings (SSSR count). The fourth-order valence-corrected chi connectivity index (χ4v) is 2.53. The Morgan fingerprint density at radius 2 is 1.23 bits per heavy atom. The molecule has 0 aliphatic heterocycles. The van der Waals surface area contributed by atoms with Gasteiger partial charge in [-0.05, 0) is 24.3 Å². The summed E-state index contributed by atoms with van der Waals surface area (Å²) in [7, 11) is 0. The van der Waals surface area contributed by atoms with Gasteiger partial charge in [0.1, 0.15) is 0 Å². The Labute approximate surface area is 151 Å². The van der Waals surface area contributed by atoms with Gasteiger partial charge in [-0.3, -0.25) is 29.4 Å². The monoisotopic (exact) mass is 358 g/mol. The molecular weight excluding hydrogens is 336 g/mol. The fraction of sp³-hybridized carbons (Fsp3) is 0.333. The summed E-state index contributed by atoms with van der Waals surface area (Å²) in [5, 5.41) is 17.9. The molecule has 0 saturated carbocycles. The average molecular weight is 358 g/mol. The predicted octanol–water partition coefficient (Wildman–Crippen LogP) is 0.950. The predicted molar refractivity (Wildman–Crippen MR) is 94.3 cm³/mol. The molecule has 8 nitrogen and oxygen atoms in total. The first-order valence-electron chi connectivity index (χ1n) is 8.21. The van der Waals surface area contributed by atoms with Crippen LogP contribution in [0.1, 0.15) is 11.4 Å². The third-order valence-electron chi connectivity index (χ3n) is 3.67. The Hall–Kier alpha value is -2.84. The number of carbonyl (C=O) groups is 2. The van der Waals surface area contributed by atoms with Crippen LogP contribution in [-0.2, 0) is 22.7 Å². The summed E-state index contributed by atoms with van der Waals surface area (Å²) in [5.41, 5.74) is 1.76. The number of aromatic nitrogens is 2. The Bertz CT molecular complexity index is 639. The van der Waals surface area contributed by atoms with Crippen molar-refractivity contribution in [2.45, 2.75) is 13.1 Å². The zero-order chi connectivity index (χ0) is 18.8. The minimum atomic E-state index is -1.05. The zero-order valence-electron chi connectivity index (χ0n) is 14.4. The van der Waals surface area contributed by atoms with Crippen molar-refractivity contribution in [3.05, 3.63) is 60.2 Å². The molecule has 0 bridgehead atoms. The minimum absolute atomic E-state index is 0.312. The number of pyridine rings is 2. The molecular formula is C18H22N4O4. The van der Waals surface area contributed by atoms with Crippen LogP contribution in [0.15, 0.2) is 48.8 Å². The molecule has 0 atom stereocenters. The topological polar surface area (TPSA) is 107 Å². The van der Waals surface area contributed by atoms with Gasteiger partial charge < -0.3 is 10.2 Å². The molecule has 0 radical (unpaired) electrons. The van der Waals surface area contributed by atoms with E-state index in [4.69, 9.17) is 10.2 Å². The summed E-state index contributed by atoms with van der Waals surface area (Å²) in [4.78, 5) is 34.0. The van der Waals surface area contributed by atoms with Crippen LogP contribution >= 0.6 is 0 Å². The van der Waals surface area contributed by atoms with E-state index < -0.39 is 11.9 Å². The number of carboxylic acids is 2. The van der Waals surface area contributed by atoms with Crippen molar-refractivity contribution in [2.75, 3.05) is 26.2 Å². The molecule has 2 N–H and O–H groups in total. The van der Waals surface area contributed by atoms with Gasteiger partial charge in [0.25, 0.3) is 0 Å². The first-order valence-corrected chi connectivity index (χ1v) is 8.21. The molecule has 0 fully saturated rings. The van der Waals surface area contributed by atoms with Gasteiger partial charge in [0, 0.05) is 38.6 Å². The molecule has 26 heavy (non-hydrogen) atoms. The molecule has 0 saturated heterocycles. The maximum atomic E-state index is 10.9. The number of carboxylic acid groups (broad SMARTS) is 2. The van der Waals surface area contributed by atoms with Gasteiger partial charge in [0.05, 0.1) is 24.5 Å². The summed E-state index contributed by atoms with van der Waals surface area (Å²) in [5.74, 6) is -2.10. The Kier molecular flexibility index (Phi) is 7.66. The van der Waals surface area contributed by atoms with Crippen LogP contribution < -0.4 is 0 Å². The normalized spacial score (nSPS) is 11.0. The lowest BCUT2D eigenvalue weighted by Crippen LogP contribution is -2.40. The Balaban J connectivity index is 2.03. The van der Waals surface area contributed by atoms with Gasteiger partial charge in [0.2, 0.25) is 0 Å². The number of hydrogen-bond acceptors (Lipinski definition) is 6. The Morgan fingerprint density at radius 1 is 0.769 bits per heavy atom. The molecule has 2 aromatic heterocycles. The van der Waals surface area contributed by atoms with Crippen LogP contribution in [0.5, 0.6) is 0 Å². The third kappa shape index (κ3) is 7.37. The zero-order valence-corrected chi connectivity index (χ0v) is 14.4. The van der Waals surface area contributed by atoms with E-state index in [1.165, 1.54) is 4.90 Å². The molecule has 0 aliphatic rings. The fourth-order valence-electron chi connectivity index (χ4n) is 2.53. The second-order valence-corrected chi connectivity index (χ2v) is 5.85. The first kappa shape index (κ1) is 19.5.